The van der Waals surface area contributed by atoms with Gasteiger partial charge in [-0.1, -0.05) is 0 Å². The quantitative estimate of drug-likeness (QED) is 0.662. The van der Waals surface area contributed by atoms with E-state index in [4.69, 9.17) is 4.74 Å². The van der Waals surface area contributed by atoms with Crippen LogP contribution in [0.3, 0.4) is 0 Å². The molecule has 2 aromatic heterocycles. The number of nitrogens with zero attached hydrogens (tertiary/aromatic N) is 3. The molecule has 0 aliphatic rings. The van der Waals surface area contributed by atoms with E-state index in [1.807, 2.05) is 12.1 Å². The van der Waals surface area contributed by atoms with Gasteiger partial charge in [-0.3, -0.25) is 0 Å². The van der Waals surface area contributed by atoms with Crippen LogP contribution in [0.2, 0.25) is 0 Å². The van der Waals surface area contributed by atoms with Crippen LogP contribution in [0.25, 0.3) is 5.65 Å². The summed E-state index contributed by atoms with van der Waals surface area (Å²) in [5.74, 6) is -0.449. The Balaban J connectivity index is 2.38. The van der Waals surface area contributed by atoms with Crippen molar-refractivity contribution >= 4 is 11.6 Å². The van der Waals surface area contributed by atoms with Crippen molar-refractivity contribution in [1.29, 1.82) is 0 Å². The number of aromatic nitrogens is 3. The molecule has 72 valence electrons. The molecule has 0 aromatic carbocycles. The van der Waals surface area contributed by atoms with Crippen molar-refractivity contribution in [3.63, 3.8) is 0 Å². The molecule has 0 unspecified atom stereocenters. The summed E-state index contributed by atoms with van der Waals surface area (Å²) in [5.41, 5.74) is 0.925. The van der Waals surface area contributed by atoms with E-state index >= 15 is 0 Å². The highest BCUT2D eigenvalue weighted by Crippen LogP contribution is 2.02. The van der Waals surface area contributed by atoms with E-state index in [1.54, 1.807) is 23.7 Å². The van der Waals surface area contributed by atoms with E-state index in [2.05, 4.69) is 10.2 Å². The van der Waals surface area contributed by atoms with Gasteiger partial charge in [-0.2, -0.15) is 0 Å². The molecule has 0 bridgehead atoms. The summed E-state index contributed by atoms with van der Waals surface area (Å²) in [6.45, 7) is 2.09. The van der Waals surface area contributed by atoms with Gasteiger partial charge in [0.15, 0.2) is 11.3 Å². The predicted molar refractivity (Wildman–Crippen MR) is 48.9 cm³/mol. The van der Waals surface area contributed by atoms with Gasteiger partial charge in [-0.15, -0.1) is 10.2 Å². The summed E-state index contributed by atoms with van der Waals surface area (Å²) in [5, 5.41) is 7.61. The summed E-state index contributed by atoms with van der Waals surface area (Å²) in [6, 6.07) is 3.64. The summed E-state index contributed by atoms with van der Waals surface area (Å²) in [4.78, 5) is 11.3. The first-order chi connectivity index (χ1) is 6.81. The fraction of sp³-hybridized carbons (Fsp3) is 0.222. The van der Waals surface area contributed by atoms with E-state index in [1.165, 1.54) is 0 Å². The first-order valence-electron chi connectivity index (χ1n) is 4.29. The third-order valence-corrected chi connectivity index (χ3v) is 1.76. The van der Waals surface area contributed by atoms with Gasteiger partial charge >= 0.3 is 5.97 Å². The van der Waals surface area contributed by atoms with Crippen molar-refractivity contribution in [3.8, 4) is 0 Å². The molecule has 0 N–H and O–H groups in total. The third-order valence-electron chi connectivity index (χ3n) is 1.76. The highest BCUT2D eigenvalue weighted by molar-refractivity contribution is 5.86. The van der Waals surface area contributed by atoms with Crippen LogP contribution in [0.5, 0.6) is 0 Å². The number of ether oxygens (including phenoxy) is 1. The Hall–Kier alpha value is -1.91. The zero-order valence-corrected chi connectivity index (χ0v) is 7.67. The molecule has 0 saturated carbocycles. The lowest BCUT2D eigenvalue weighted by Gasteiger charge is -2.00. The molecule has 2 heterocycles. The first-order valence-corrected chi connectivity index (χ1v) is 4.29. The van der Waals surface area contributed by atoms with E-state index in [0.29, 0.717) is 12.3 Å². The molecule has 2 aromatic rings. The number of hydrogen-bond acceptors (Lipinski definition) is 4. The van der Waals surface area contributed by atoms with Gasteiger partial charge in [0.05, 0.1) is 6.61 Å². The standard InChI is InChI=1S/C9H9N3O2/c1-2-14-9(13)7-6-12-5-3-4-8(12)11-10-7/h3-6H,2H2,1H3. The number of rotatable bonds is 2. The molecule has 0 spiro atoms. The summed E-state index contributed by atoms with van der Waals surface area (Å²) in [7, 11) is 0. The molecule has 0 aliphatic heterocycles. The minimum absolute atomic E-state index is 0.218. The Morgan fingerprint density at radius 1 is 1.57 bits per heavy atom. The smallest absolute Gasteiger partial charge is 0.360 e. The number of carbonyl (C=O) groups excluding carboxylic acids is 1. The second-order valence-corrected chi connectivity index (χ2v) is 2.71. The largest absolute Gasteiger partial charge is 0.461 e. The monoisotopic (exact) mass is 191 g/mol. The molecule has 0 saturated heterocycles. The molecule has 0 aliphatic carbocycles. The zero-order valence-electron chi connectivity index (χ0n) is 7.67. The summed E-state index contributed by atoms with van der Waals surface area (Å²) < 4.78 is 6.52. The van der Waals surface area contributed by atoms with Crippen LogP contribution in [-0.2, 0) is 4.74 Å². The molecular formula is C9H9N3O2. The Morgan fingerprint density at radius 3 is 3.21 bits per heavy atom. The lowest BCUT2D eigenvalue weighted by Crippen LogP contribution is -2.09. The molecule has 14 heavy (non-hydrogen) atoms. The molecule has 0 radical (unpaired) electrons. The van der Waals surface area contributed by atoms with Gasteiger partial charge in [0.2, 0.25) is 0 Å². The van der Waals surface area contributed by atoms with Crippen LogP contribution in [0.1, 0.15) is 17.4 Å². The average molecular weight is 191 g/mol. The molecule has 5 nitrogen and oxygen atoms in total. The van der Waals surface area contributed by atoms with Gasteiger partial charge in [-0.25, -0.2) is 4.79 Å². The van der Waals surface area contributed by atoms with Crippen LogP contribution in [0.4, 0.5) is 0 Å². The highest BCUT2D eigenvalue weighted by Gasteiger charge is 2.09. The molecule has 0 fully saturated rings. The Morgan fingerprint density at radius 2 is 2.43 bits per heavy atom. The van der Waals surface area contributed by atoms with Crippen molar-refractivity contribution in [1.82, 2.24) is 14.6 Å². The van der Waals surface area contributed by atoms with Crippen LogP contribution in [0, 0.1) is 0 Å². The van der Waals surface area contributed by atoms with Crippen LogP contribution in [0.15, 0.2) is 24.5 Å². The minimum atomic E-state index is -0.449. The summed E-state index contributed by atoms with van der Waals surface area (Å²) in [6.07, 6.45) is 3.40. The maximum Gasteiger partial charge on any atom is 0.360 e. The Kier molecular flexibility index (Phi) is 2.14. The second-order valence-electron chi connectivity index (χ2n) is 2.71. The maximum absolute atomic E-state index is 11.3. The number of esters is 1. The van der Waals surface area contributed by atoms with E-state index in [0.717, 1.165) is 0 Å². The SMILES string of the molecule is CCOC(=O)c1cn2cccc2nn1. The van der Waals surface area contributed by atoms with Crippen LogP contribution >= 0.6 is 0 Å². The van der Waals surface area contributed by atoms with Crippen molar-refractivity contribution in [2.24, 2.45) is 0 Å². The third kappa shape index (κ3) is 1.44. The fourth-order valence-corrected chi connectivity index (χ4v) is 1.14. The molecule has 0 atom stereocenters. The van der Waals surface area contributed by atoms with E-state index in [9.17, 15) is 4.79 Å². The lowest BCUT2D eigenvalue weighted by atomic mass is 10.5. The summed E-state index contributed by atoms with van der Waals surface area (Å²) >= 11 is 0. The van der Waals surface area contributed by atoms with Gasteiger partial charge in [-0.05, 0) is 19.1 Å². The Bertz CT molecular complexity index is 464. The topological polar surface area (TPSA) is 56.5 Å². The van der Waals surface area contributed by atoms with Crippen molar-refractivity contribution in [2.45, 2.75) is 6.92 Å². The van der Waals surface area contributed by atoms with Gasteiger partial charge in [0, 0.05) is 12.4 Å². The van der Waals surface area contributed by atoms with Crippen molar-refractivity contribution in [2.75, 3.05) is 6.61 Å². The minimum Gasteiger partial charge on any atom is -0.461 e. The second kappa shape index (κ2) is 3.45. The first kappa shape index (κ1) is 8.68. The lowest BCUT2D eigenvalue weighted by molar-refractivity contribution is 0.0517. The van der Waals surface area contributed by atoms with Gasteiger partial charge < -0.3 is 9.14 Å². The number of hydrogen-bond donors (Lipinski definition) is 0. The normalized spacial score (nSPS) is 10.4. The van der Waals surface area contributed by atoms with E-state index < -0.39 is 5.97 Å². The molecule has 0 amide bonds. The van der Waals surface area contributed by atoms with Gasteiger partial charge in [0.1, 0.15) is 0 Å². The average Bonchev–Trinajstić information content (AvgIpc) is 2.64. The highest BCUT2D eigenvalue weighted by atomic mass is 16.5. The van der Waals surface area contributed by atoms with Crippen LogP contribution < -0.4 is 0 Å². The molecule has 2 rings (SSSR count). The van der Waals surface area contributed by atoms with Gasteiger partial charge in [0.25, 0.3) is 0 Å². The molecular weight excluding hydrogens is 182 g/mol. The number of fused-ring (bicyclic) bond motifs is 1. The Labute approximate surface area is 80.3 Å². The van der Waals surface area contributed by atoms with Crippen LogP contribution in [-0.4, -0.2) is 27.2 Å². The zero-order chi connectivity index (χ0) is 9.97. The van der Waals surface area contributed by atoms with E-state index in [-0.39, 0.29) is 5.69 Å². The van der Waals surface area contributed by atoms with Crippen molar-refractivity contribution < 1.29 is 9.53 Å². The number of carbonyl (C=O) groups is 1. The van der Waals surface area contributed by atoms with Crippen molar-refractivity contribution in [3.05, 3.63) is 30.2 Å². The fourth-order valence-electron chi connectivity index (χ4n) is 1.14. The predicted octanol–water partition coefficient (Wildman–Crippen LogP) is 0.906. The molecule has 5 heteroatoms. The maximum atomic E-state index is 11.3.